The molecular weight excluding hydrogens is 300 g/mol. The number of carbonyl (C=O) groups is 2. The van der Waals surface area contributed by atoms with Crippen LogP contribution in [-0.2, 0) is 16.1 Å². The predicted octanol–water partition coefficient (Wildman–Crippen LogP) is 3.28. The van der Waals surface area contributed by atoms with E-state index >= 15 is 0 Å². The molecule has 0 bridgehead atoms. The molecule has 0 spiro atoms. The van der Waals surface area contributed by atoms with Crippen molar-refractivity contribution in [1.29, 1.82) is 0 Å². The van der Waals surface area contributed by atoms with Crippen molar-refractivity contribution in [3.8, 4) is 0 Å². The molecular formula is C20H30N2O2. The van der Waals surface area contributed by atoms with Crippen LogP contribution in [0, 0.1) is 18.8 Å². The lowest BCUT2D eigenvalue weighted by Gasteiger charge is -2.19. The molecule has 0 saturated carbocycles. The Morgan fingerprint density at radius 2 is 1.88 bits per heavy atom. The first kappa shape index (κ1) is 18.5. The van der Waals surface area contributed by atoms with Crippen LogP contribution in [0.25, 0.3) is 0 Å². The van der Waals surface area contributed by atoms with Crippen molar-refractivity contribution in [1.82, 2.24) is 10.2 Å². The summed E-state index contributed by atoms with van der Waals surface area (Å²) in [6.07, 6.45) is 2.41. The summed E-state index contributed by atoms with van der Waals surface area (Å²) in [5.74, 6) is 0.517. The highest BCUT2D eigenvalue weighted by molar-refractivity contribution is 5.89. The molecule has 2 unspecified atom stereocenters. The summed E-state index contributed by atoms with van der Waals surface area (Å²) >= 11 is 0. The minimum atomic E-state index is -0.218. The second-order valence-corrected chi connectivity index (χ2v) is 7.54. The van der Waals surface area contributed by atoms with E-state index in [-0.39, 0.29) is 23.8 Å². The number of carbonyl (C=O) groups excluding carboxylic acids is 2. The number of amides is 2. The standard InChI is InChI=1S/C20H30N2O2/c1-14(2)5-8-16(4)21-20(24)18-11-19(23)22(13-18)12-17-9-6-15(3)7-10-17/h6-7,9-10,14,16,18H,5,8,11-13H2,1-4H3,(H,21,24). The quantitative estimate of drug-likeness (QED) is 0.834. The van der Waals surface area contributed by atoms with E-state index in [0.29, 0.717) is 25.4 Å². The monoisotopic (exact) mass is 330 g/mol. The fourth-order valence-electron chi connectivity index (χ4n) is 3.03. The van der Waals surface area contributed by atoms with Crippen molar-refractivity contribution < 1.29 is 9.59 Å². The highest BCUT2D eigenvalue weighted by Crippen LogP contribution is 2.21. The van der Waals surface area contributed by atoms with Gasteiger partial charge in [0.05, 0.1) is 5.92 Å². The molecule has 132 valence electrons. The van der Waals surface area contributed by atoms with E-state index in [1.807, 2.05) is 26.0 Å². The van der Waals surface area contributed by atoms with Crippen molar-refractivity contribution in [2.75, 3.05) is 6.54 Å². The Morgan fingerprint density at radius 3 is 2.50 bits per heavy atom. The van der Waals surface area contributed by atoms with Gasteiger partial charge in [-0.3, -0.25) is 9.59 Å². The van der Waals surface area contributed by atoms with Gasteiger partial charge in [-0.05, 0) is 38.2 Å². The van der Waals surface area contributed by atoms with Crippen LogP contribution in [0.15, 0.2) is 24.3 Å². The summed E-state index contributed by atoms with van der Waals surface area (Å²) < 4.78 is 0. The number of nitrogens with one attached hydrogen (secondary N) is 1. The summed E-state index contributed by atoms with van der Waals surface area (Å²) in [6, 6.07) is 8.36. The molecule has 4 heteroatoms. The van der Waals surface area contributed by atoms with E-state index in [1.54, 1.807) is 4.90 Å². The fraction of sp³-hybridized carbons (Fsp3) is 0.600. The van der Waals surface area contributed by atoms with Crippen molar-refractivity contribution in [2.24, 2.45) is 11.8 Å². The molecule has 2 rings (SSSR count). The summed E-state index contributed by atoms with van der Waals surface area (Å²) in [6.45, 7) is 9.58. The molecule has 1 aromatic carbocycles. The van der Waals surface area contributed by atoms with Gasteiger partial charge in [0, 0.05) is 25.6 Å². The van der Waals surface area contributed by atoms with Gasteiger partial charge < -0.3 is 10.2 Å². The Hall–Kier alpha value is -1.84. The molecule has 24 heavy (non-hydrogen) atoms. The molecule has 1 N–H and O–H groups in total. The van der Waals surface area contributed by atoms with Crippen LogP contribution >= 0.6 is 0 Å². The van der Waals surface area contributed by atoms with E-state index in [0.717, 1.165) is 18.4 Å². The SMILES string of the molecule is Cc1ccc(CN2CC(C(=O)NC(C)CCC(C)C)CC2=O)cc1. The highest BCUT2D eigenvalue weighted by Gasteiger charge is 2.34. The first-order valence-electron chi connectivity index (χ1n) is 8.99. The molecule has 2 amide bonds. The van der Waals surface area contributed by atoms with E-state index in [2.05, 4.69) is 31.3 Å². The summed E-state index contributed by atoms with van der Waals surface area (Å²) in [5, 5.41) is 3.07. The lowest BCUT2D eigenvalue weighted by Crippen LogP contribution is -2.38. The smallest absolute Gasteiger partial charge is 0.225 e. The normalized spacial score (nSPS) is 19.0. The van der Waals surface area contributed by atoms with Gasteiger partial charge in [0.1, 0.15) is 0 Å². The van der Waals surface area contributed by atoms with Gasteiger partial charge in [-0.2, -0.15) is 0 Å². The van der Waals surface area contributed by atoms with Crippen LogP contribution in [-0.4, -0.2) is 29.3 Å². The Kier molecular flexibility index (Phi) is 6.41. The van der Waals surface area contributed by atoms with Gasteiger partial charge in [-0.1, -0.05) is 43.7 Å². The molecule has 1 saturated heterocycles. The average Bonchev–Trinajstić information content (AvgIpc) is 2.89. The molecule has 4 nitrogen and oxygen atoms in total. The molecule has 1 aliphatic heterocycles. The third-order valence-corrected chi connectivity index (χ3v) is 4.65. The van der Waals surface area contributed by atoms with E-state index in [4.69, 9.17) is 0 Å². The zero-order valence-electron chi connectivity index (χ0n) is 15.3. The van der Waals surface area contributed by atoms with Gasteiger partial charge in [0.15, 0.2) is 0 Å². The van der Waals surface area contributed by atoms with Crippen LogP contribution in [0.3, 0.4) is 0 Å². The molecule has 1 fully saturated rings. The first-order valence-corrected chi connectivity index (χ1v) is 8.99. The fourth-order valence-corrected chi connectivity index (χ4v) is 3.03. The third kappa shape index (κ3) is 5.36. The van der Waals surface area contributed by atoms with Crippen LogP contribution in [0.1, 0.15) is 51.2 Å². The highest BCUT2D eigenvalue weighted by atomic mass is 16.2. The van der Waals surface area contributed by atoms with Gasteiger partial charge in [-0.25, -0.2) is 0 Å². The van der Waals surface area contributed by atoms with Gasteiger partial charge in [0.2, 0.25) is 11.8 Å². The maximum atomic E-state index is 12.4. The Bertz CT molecular complexity index is 566. The molecule has 1 aliphatic rings. The Morgan fingerprint density at radius 1 is 1.21 bits per heavy atom. The molecule has 1 aromatic rings. The Labute approximate surface area is 145 Å². The number of nitrogens with zero attached hydrogens (tertiary/aromatic N) is 1. The third-order valence-electron chi connectivity index (χ3n) is 4.65. The Balaban J connectivity index is 1.84. The maximum Gasteiger partial charge on any atom is 0.225 e. The molecule has 0 radical (unpaired) electrons. The van der Waals surface area contributed by atoms with E-state index in [9.17, 15) is 9.59 Å². The number of hydrogen-bond acceptors (Lipinski definition) is 2. The summed E-state index contributed by atoms with van der Waals surface area (Å²) in [7, 11) is 0. The average molecular weight is 330 g/mol. The van der Waals surface area contributed by atoms with Gasteiger partial charge in [-0.15, -0.1) is 0 Å². The summed E-state index contributed by atoms with van der Waals surface area (Å²) in [4.78, 5) is 26.4. The maximum absolute atomic E-state index is 12.4. The topological polar surface area (TPSA) is 49.4 Å². The number of benzene rings is 1. The molecule has 0 aliphatic carbocycles. The van der Waals surface area contributed by atoms with E-state index < -0.39 is 0 Å². The van der Waals surface area contributed by atoms with E-state index in [1.165, 1.54) is 5.56 Å². The largest absolute Gasteiger partial charge is 0.353 e. The minimum Gasteiger partial charge on any atom is -0.353 e. The lowest BCUT2D eigenvalue weighted by atomic mass is 10.0. The number of hydrogen-bond donors (Lipinski definition) is 1. The van der Waals surface area contributed by atoms with Crippen LogP contribution < -0.4 is 5.32 Å². The van der Waals surface area contributed by atoms with Crippen molar-refractivity contribution >= 4 is 11.8 Å². The first-order chi connectivity index (χ1) is 11.3. The van der Waals surface area contributed by atoms with Crippen molar-refractivity contribution in [2.45, 2.75) is 59.5 Å². The van der Waals surface area contributed by atoms with Crippen LogP contribution in [0.4, 0.5) is 0 Å². The molecule has 0 aromatic heterocycles. The zero-order valence-corrected chi connectivity index (χ0v) is 15.3. The lowest BCUT2D eigenvalue weighted by molar-refractivity contribution is -0.129. The van der Waals surface area contributed by atoms with Crippen LogP contribution in [0.2, 0.25) is 0 Å². The van der Waals surface area contributed by atoms with Gasteiger partial charge >= 0.3 is 0 Å². The zero-order chi connectivity index (χ0) is 17.7. The number of aryl methyl sites for hydroxylation is 1. The van der Waals surface area contributed by atoms with Crippen molar-refractivity contribution in [3.05, 3.63) is 35.4 Å². The minimum absolute atomic E-state index is 0.0195. The molecule has 2 atom stereocenters. The second-order valence-electron chi connectivity index (χ2n) is 7.54. The van der Waals surface area contributed by atoms with Crippen LogP contribution in [0.5, 0.6) is 0 Å². The van der Waals surface area contributed by atoms with Crippen molar-refractivity contribution in [3.63, 3.8) is 0 Å². The number of likely N-dealkylation sites (tertiary alicyclic amines) is 1. The van der Waals surface area contributed by atoms with Gasteiger partial charge in [0.25, 0.3) is 0 Å². The summed E-state index contributed by atoms with van der Waals surface area (Å²) in [5.41, 5.74) is 2.32. The number of rotatable bonds is 7. The second kappa shape index (κ2) is 8.32. The molecule has 1 heterocycles. The predicted molar refractivity (Wildman–Crippen MR) is 96.4 cm³/mol.